The normalized spacial score (nSPS) is 21.4. The van der Waals surface area contributed by atoms with Crippen LogP contribution in [0, 0.1) is 18.3 Å². The molecule has 2 aromatic carbocycles. The van der Waals surface area contributed by atoms with Gasteiger partial charge in [-0.05, 0) is 55.9 Å². The Morgan fingerprint density at radius 1 is 0.857 bits per heavy atom. The van der Waals surface area contributed by atoms with Gasteiger partial charge in [0.2, 0.25) is 5.91 Å². The fraction of sp³-hybridized carbons (Fsp3) is 0.414. The summed E-state index contributed by atoms with van der Waals surface area (Å²) in [4.78, 5) is 37.7. The van der Waals surface area contributed by atoms with E-state index >= 15 is 0 Å². The number of hydrogen-bond acceptors (Lipinski definition) is 4. The molecule has 0 bridgehead atoms. The molecule has 3 aromatic rings. The Morgan fingerprint density at radius 3 is 2.29 bits per heavy atom. The Hall–Kier alpha value is -3.41. The summed E-state index contributed by atoms with van der Waals surface area (Å²) in [7, 11) is 0. The van der Waals surface area contributed by atoms with Crippen LogP contribution >= 0.6 is 0 Å². The van der Waals surface area contributed by atoms with Crippen LogP contribution in [0.5, 0.6) is 0 Å². The zero-order valence-corrected chi connectivity index (χ0v) is 20.3. The zero-order chi connectivity index (χ0) is 24.0. The van der Waals surface area contributed by atoms with Gasteiger partial charge < -0.3 is 14.7 Å². The molecule has 6 rings (SSSR count). The SMILES string of the molecule is Cc1cc(C(=O)N2CCC3(CC2)CC3C(=O)N2CCN(c3ccccc3)CC2)c2ccccc2n1. The second-order valence-corrected chi connectivity index (χ2v) is 10.4. The summed E-state index contributed by atoms with van der Waals surface area (Å²) in [6.07, 6.45) is 2.81. The Kier molecular flexibility index (Phi) is 5.47. The summed E-state index contributed by atoms with van der Waals surface area (Å²) >= 11 is 0. The van der Waals surface area contributed by atoms with Crippen molar-refractivity contribution in [1.82, 2.24) is 14.8 Å². The molecule has 6 heteroatoms. The summed E-state index contributed by atoms with van der Waals surface area (Å²) in [5.41, 5.74) is 3.80. The third-order valence-electron chi connectivity index (χ3n) is 8.32. The molecule has 3 heterocycles. The molecule has 0 radical (unpaired) electrons. The van der Waals surface area contributed by atoms with Crippen molar-refractivity contribution in [2.24, 2.45) is 11.3 Å². The number of nitrogens with zero attached hydrogens (tertiary/aromatic N) is 4. The number of aromatic nitrogens is 1. The first kappa shape index (κ1) is 22.1. The molecular weight excluding hydrogens is 436 g/mol. The van der Waals surface area contributed by atoms with E-state index in [1.54, 1.807) is 0 Å². The number of likely N-dealkylation sites (tertiary alicyclic amines) is 1. The number of hydrogen-bond donors (Lipinski definition) is 0. The summed E-state index contributed by atoms with van der Waals surface area (Å²) in [6, 6.07) is 20.2. The number of piperazine rings is 1. The molecule has 35 heavy (non-hydrogen) atoms. The molecule has 1 unspecified atom stereocenters. The van der Waals surface area contributed by atoms with Crippen molar-refractivity contribution in [2.45, 2.75) is 26.2 Å². The Bertz CT molecular complexity index is 1260. The minimum atomic E-state index is 0.0853. The van der Waals surface area contributed by atoms with Gasteiger partial charge in [0.15, 0.2) is 0 Å². The van der Waals surface area contributed by atoms with Crippen molar-refractivity contribution in [1.29, 1.82) is 0 Å². The van der Waals surface area contributed by atoms with Crippen molar-refractivity contribution >= 4 is 28.4 Å². The molecule has 180 valence electrons. The van der Waals surface area contributed by atoms with Crippen LogP contribution in [0.25, 0.3) is 10.9 Å². The molecule has 2 aliphatic heterocycles. The number of anilines is 1. The molecule has 0 N–H and O–H groups in total. The largest absolute Gasteiger partial charge is 0.368 e. The van der Waals surface area contributed by atoms with E-state index in [0.717, 1.165) is 80.7 Å². The van der Waals surface area contributed by atoms with Crippen molar-refractivity contribution in [3.05, 3.63) is 71.9 Å². The lowest BCUT2D eigenvalue weighted by atomic mass is 9.90. The highest BCUT2D eigenvalue weighted by Gasteiger charge is 2.59. The summed E-state index contributed by atoms with van der Waals surface area (Å²) < 4.78 is 0. The van der Waals surface area contributed by atoms with Crippen LogP contribution in [0.1, 0.15) is 35.3 Å². The van der Waals surface area contributed by atoms with Gasteiger partial charge in [-0.1, -0.05) is 36.4 Å². The number of benzene rings is 2. The number of aryl methyl sites for hydroxylation is 1. The maximum Gasteiger partial charge on any atom is 0.254 e. The van der Waals surface area contributed by atoms with Crippen LogP contribution in [-0.2, 0) is 4.79 Å². The fourth-order valence-electron chi connectivity index (χ4n) is 6.10. The molecule has 3 aliphatic rings. The lowest BCUT2D eigenvalue weighted by molar-refractivity contribution is -0.134. The second-order valence-electron chi connectivity index (χ2n) is 10.4. The number of carbonyl (C=O) groups is 2. The van der Waals surface area contributed by atoms with E-state index in [9.17, 15) is 9.59 Å². The van der Waals surface area contributed by atoms with E-state index in [1.807, 2.05) is 48.2 Å². The van der Waals surface area contributed by atoms with E-state index < -0.39 is 0 Å². The Labute approximate surface area is 206 Å². The molecule has 3 fully saturated rings. The monoisotopic (exact) mass is 468 g/mol. The van der Waals surface area contributed by atoms with Gasteiger partial charge in [-0.25, -0.2) is 0 Å². The highest BCUT2D eigenvalue weighted by Crippen LogP contribution is 2.60. The van der Waals surface area contributed by atoms with E-state index in [1.165, 1.54) is 5.69 Å². The molecular formula is C29H32N4O2. The predicted octanol–water partition coefficient (Wildman–Crippen LogP) is 4.13. The molecule has 6 nitrogen and oxygen atoms in total. The van der Waals surface area contributed by atoms with Gasteiger partial charge in [-0.2, -0.15) is 0 Å². The number of amides is 2. The van der Waals surface area contributed by atoms with Gasteiger partial charge in [-0.3, -0.25) is 14.6 Å². The van der Waals surface area contributed by atoms with Crippen molar-refractivity contribution in [3.8, 4) is 0 Å². The Balaban J connectivity index is 1.06. The number of piperidine rings is 1. The van der Waals surface area contributed by atoms with E-state index in [0.29, 0.717) is 5.91 Å². The number of carbonyl (C=O) groups excluding carboxylic acids is 2. The number of pyridine rings is 1. The maximum atomic E-state index is 13.4. The minimum Gasteiger partial charge on any atom is -0.368 e. The molecule has 1 atom stereocenters. The van der Waals surface area contributed by atoms with Gasteiger partial charge in [0.05, 0.1) is 11.1 Å². The average molecular weight is 469 g/mol. The van der Waals surface area contributed by atoms with Crippen LogP contribution in [0.2, 0.25) is 0 Å². The fourth-order valence-corrected chi connectivity index (χ4v) is 6.10. The standard InChI is InChI=1S/C29H32N4O2/c1-21-19-24(23-9-5-6-10-26(23)30-21)27(34)32-13-11-29(12-14-32)20-25(29)28(35)33-17-15-31(16-18-33)22-7-3-2-4-8-22/h2-10,19,25H,11-18,20H2,1H3. The molecule has 1 saturated carbocycles. The predicted molar refractivity (Wildman–Crippen MR) is 137 cm³/mol. The maximum absolute atomic E-state index is 13.4. The molecule has 1 spiro atoms. The zero-order valence-electron chi connectivity index (χ0n) is 20.3. The van der Waals surface area contributed by atoms with E-state index in [2.05, 4.69) is 39.0 Å². The third kappa shape index (κ3) is 4.05. The van der Waals surface area contributed by atoms with E-state index in [4.69, 9.17) is 0 Å². The average Bonchev–Trinajstić information content (AvgIpc) is 3.61. The van der Waals surface area contributed by atoms with Gasteiger partial charge in [0, 0.05) is 62.0 Å². The van der Waals surface area contributed by atoms with Crippen LogP contribution in [-0.4, -0.2) is 65.9 Å². The lowest BCUT2D eigenvalue weighted by Crippen LogP contribution is -2.50. The summed E-state index contributed by atoms with van der Waals surface area (Å²) in [5, 5.41) is 0.914. The quantitative estimate of drug-likeness (QED) is 0.580. The molecule has 2 amide bonds. The highest BCUT2D eigenvalue weighted by atomic mass is 16.2. The van der Waals surface area contributed by atoms with Crippen LogP contribution < -0.4 is 4.90 Å². The first-order valence-corrected chi connectivity index (χ1v) is 12.8. The number of fused-ring (bicyclic) bond motifs is 1. The highest BCUT2D eigenvalue weighted by molar-refractivity contribution is 6.06. The number of rotatable bonds is 3. The third-order valence-corrected chi connectivity index (χ3v) is 8.32. The first-order valence-electron chi connectivity index (χ1n) is 12.8. The van der Waals surface area contributed by atoms with Crippen LogP contribution in [0.3, 0.4) is 0 Å². The smallest absolute Gasteiger partial charge is 0.254 e. The summed E-state index contributed by atoms with van der Waals surface area (Å²) in [5.74, 6) is 0.544. The second kappa shape index (κ2) is 8.67. The van der Waals surface area contributed by atoms with Crippen molar-refractivity contribution in [3.63, 3.8) is 0 Å². The van der Waals surface area contributed by atoms with Gasteiger partial charge in [-0.15, -0.1) is 0 Å². The first-order chi connectivity index (χ1) is 17.0. The molecule has 1 aliphatic carbocycles. The number of para-hydroxylation sites is 2. The molecule has 1 aromatic heterocycles. The van der Waals surface area contributed by atoms with E-state index in [-0.39, 0.29) is 17.2 Å². The Morgan fingerprint density at radius 2 is 1.54 bits per heavy atom. The van der Waals surface area contributed by atoms with Crippen LogP contribution in [0.15, 0.2) is 60.7 Å². The van der Waals surface area contributed by atoms with Crippen molar-refractivity contribution < 1.29 is 9.59 Å². The minimum absolute atomic E-state index is 0.0853. The van der Waals surface area contributed by atoms with Gasteiger partial charge >= 0.3 is 0 Å². The topological polar surface area (TPSA) is 56.8 Å². The molecule has 2 saturated heterocycles. The lowest BCUT2D eigenvalue weighted by Gasteiger charge is -2.37. The summed E-state index contributed by atoms with van der Waals surface area (Å²) in [6.45, 7) is 6.74. The van der Waals surface area contributed by atoms with Crippen LogP contribution in [0.4, 0.5) is 5.69 Å². The van der Waals surface area contributed by atoms with Gasteiger partial charge in [0.1, 0.15) is 0 Å². The van der Waals surface area contributed by atoms with Crippen molar-refractivity contribution in [2.75, 3.05) is 44.2 Å². The van der Waals surface area contributed by atoms with Gasteiger partial charge in [0.25, 0.3) is 5.91 Å².